The molecule has 14 heavy (non-hydrogen) atoms. The Morgan fingerprint density at radius 3 is 2.86 bits per heavy atom. The Morgan fingerprint density at radius 1 is 1.07 bits per heavy atom. The lowest BCUT2D eigenvalue weighted by Crippen LogP contribution is -1.80. The topological polar surface area (TPSA) is 61.8 Å². The van der Waals surface area contributed by atoms with Gasteiger partial charge in [-0.2, -0.15) is 0 Å². The van der Waals surface area contributed by atoms with E-state index in [2.05, 4.69) is 15.0 Å². The van der Waals surface area contributed by atoms with Crippen molar-refractivity contribution >= 4 is 21.9 Å². The lowest BCUT2D eigenvalue weighted by molar-refractivity contribution is 0.456. The van der Waals surface area contributed by atoms with Crippen LogP contribution in [0.1, 0.15) is 0 Å². The summed E-state index contributed by atoms with van der Waals surface area (Å²) in [5.41, 5.74) is 2.63. The average molecular weight is 185 g/mol. The van der Waals surface area contributed by atoms with Crippen molar-refractivity contribution < 1.29 is 5.11 Å². The number of nitrogens with one attached hydrogen (secondary N) is 1. The first-order valence-electron chi connectivity index (χ1n) is 4.26. The third kappa shape index (κ3) is 0.877. The number of H-pyrrole nitrogens is 1. The van der Waals surface area contributed by atoms with Crippen LogP contribution in [0.25, 0.3) is 21.9 Å². The fourth-order valence-corrected chi connectivity index (χ4v) is 1.61. The van der Waals surface area contributed by atoms with Crippen molar-refractivity contribution in [2.24, 2.45) is 0 Å². The molecule has 0 unspecified atom stereocenters. The maximum absolute atomic E-state index is 9.22. The molecule has 0 saturated carbocycles. The molecule has 3 rings (SSSR count). The van der Waals surface area contributed by atoms with Gasteiger partial charge in [0.05, 0.1) is 22.9 Å². The summed E-state index contributed by atoms with van der Waals surface area (Å²) < 4.78 is 0. The summed E-state index contributed by atoms with van der Waals surface area (Å²) in [6, 6.07) is 7.12. The largest absolute Gasteiger partial charge is 0.493 e. The van der Waals surface area contributed by atoms with Gasteiger partial charge in [0.25, 0.3) is 0 Å². The number of fused-ring (bicyclic) bond motifs is 3. The third-order valence-corrected chi connectivity index (χ3v) is 2.25. The molecule has 0 aliphatic heterocycles. The predicted octanol–water partition coefficient (Wildman–Crippen LogP) is 1.82. The highest BCUT2D eigenvalue weighted by atomic mass is 16.3. The van der Waals surface area contributed by atoms with Crippen molar-refractivity contribution in [1.82, 2.24) is 15.0 Å². The van der Waals surface area contributed by atoms with Gasteiger partial charge in [0.15, 0.2) is 0 Å². The zero-order valence-corrected chi connectivity index (χ0v) is 7.23. The molecule has 0 spiro atoms. The standard InChI is InChI=1S/C10H7N3O/c14-9-4-1-6-7(13-9)2-3-8-10(6)12-5-11-8/h1-5H,(H,11,12)(H,13,14). The summed E-state index contributed by atoms with van der Waals surface area (Å²) in [5.74, 6) is 0.0383. The van der Waals surface area contributed by atoms with Gasteiger partial charge >= 0.3 is 0 Å². The molecule has 4 heteroatoms. The number of hydrogen-bond acceptors (Lipinski definition) is 3. The van der Waals surface area contributed by atoms with Gasteiger partial charge < -0.3 is 10.1 Å². The Morgan fingerprint density at radius 2 is 1.93 bits per heavy atom. The molecule has 4 nitrogen and oxygen atoms in total. The first kappa shape index (κ1) is 7.32. The maximum atomic E-state index is 9.22. The quantitative estimate of drug-likeness (QED) is 0.561. The van der Waals surface area contributed by atoms with E-state index in [-0.39, 0.29) is 5.88 Å². The van der Waals surface area contributed by atoms with Crippen LogP contribution in [0.4, 0.5) is 0 Å². The molecule has 0 saturated heterocycles. The zero-order valence-electron chi connectivity index (χ0n) is 7.23. The first-order valence-corrected chi connectivity index (χ1v) is 4.26. The van der Waals surface area contributed by atoms with Crippen molar-refractivity contribution in [1.29, 1.82) is 0 Å². The highest BCUT2D eigenvalue weighted by Crippen LogP contribution is 2.22. The number of aromatic hydroxyl groups is 1. The zero-order chi connectivity index (χ0) is 9.54. The van der Waals surface area contributed by atoms with E-state index >= 15 is 0 Å². The Labute approximate surface area is 79.2 Å². The monoisotopic (exact) mass is 185 g/mol. The SMILES string of the molecule is Oc1ccc2c(ccc3nc[nH]c32)n1. The number of nitrogens with zero attached hydrogens (tertiary/aromatic N) is 2. The molecule has 2 aromatic heterocycles. The minimum atomic E-state index is 0.0383. The number of rotatable bonds is 0. The molecule has 3 aromatic rings. The third-order valence-electron chi connectivity index (χ3n) is 2.25. The van der Waals surface area contributed by atoms with E-state index in [1.165, 1.54) is 0 Å². The number of hydrogen-bond donors (Lipinski definition) is 2. The Bertz CT molecular complexity index is 615. The molecular weight excluding hydrogens is 178 g/mol. The molecule has 0 aliphatic rings. The van der Waals surface area contributed by atoms with Crippen molar-refractivity contribution in [2.45, 2.75) is 0 Å². The van der Waals surface area contributed by atoms with Crippen LogP contribution in [0.5, 0.6) is 5.88 Å². The van der Waals surface area contributed by atoms with Gasteiger partial charge in [-0.3, -0.25) is 0 Å². The van der Waals surface area contributed by atoms with Crippen LogP contribution in [-0.2, 0) is 0 Å². The number of aromatic amines is 1. The van der Waals surface area contributed by atoms with Gasteiger partial charge in [-0.1, -0.05) is 0 Å². The predicted molar refractivity (Wildman–Crippen MR) is 53.1 cm³/mol. The number of benzene rings is 1. The summed E-state index contributed by atoms with van der Waals surface area (Å²) >= 11 is 0. The molecule has 0 aliphatic carbocycles. The molecular formula is C10H7N3O. The van der Waals surface area contributed by atoms with Crippen molar-refractivity contribution in [3.05, 3.63) is 30.6 Å². The van der Waals surface area contributed by atoms with Crippen molar-refractivity contribution in [2.75, 3.05) is 0 Å². The molecule has 0 amide bonds. The molecule has 2 N–H and O–H groups in total. The van der Waals surface area contributed by atoms with E-state index in [4.69, 9.17) is 0 Å². The second-order valence-corrected chi connectivity index (χ2v) is 3.10. The van der Waals surface area contributed by atoms with Gasteiger partial charge in [-0.15, -0.1) is 0 Å². The highest BCUT2D eigenvalue weighted by molar-refractivity contribution is 6.02. The van der Waals surface area contributed by atoms with Gasteiger partial charge in [0, 0.05) is 11.5 Å². The second kappa shape index (κ2) is 2.45. The van der Waals surface area contributed by atoms with Gasteiger partial charge in [-0.25, -0.2) is 9.97 Å². The summed E-state index contributed by atoms with van der Waals surface area (Å²) in [5, 5.41) is 10.2. The van der Waals surface area contributed by atoms with Crippen LogP contribution in [0, 0.1) is 0 Å². The molecule has 0 fully saturated rings. The van der Waals surface area contributed by atoms with Crippen molar-refractivity contribution in [3.8, 4) is 5.88 Å². The molecule has 0 radical (unpaired) electrons. The van der Waals surface area contributed by atoms with Gasteiger partial charge in [0.1, 0.15) is 0 Å². The molecule has 68 valence electrons. The number of aromatic nitrogens is 3. The normalized spacial score (nSPS) is 11.1. The Kier molecular flexibility index (Phi) is 1.28. The molecule has 0 atom stereocenters. The van der Waals surface area contributed by atoms with E-state index in [1.807, 2.05) is 18.2 Å². The van der Waals surface area contributed by atoms with Crippen molar-refractivity contribution in [3.63, 3.8) is 0 Å². The average Bonchev–Trinajstić information content (AvgIpc) is 2.65. The molecule has 1 aromatic carbocycles. The molecule has 0 bridgehead atoms. The van der Waals surface area contributed by atoms with Gasteiger partial charge in [-0.05, 0) is 18.2 Å². The minimum absolute atomic E-state index is 0.0383. The van der Waals surface area contributed by atoms with E-state index in [1.54, 1.807) is 12.4 Å². The van der Waals surface area contributed by atoms with E-state index < -0.39 is 0 Å². The van der Waals surface area contributed by atoms with E-state index in [9.17, 15) is 5.11 Å². The lowest BCUT2D eigenvalue weighted by atomic mass is 10.2. The van der Waals surface area contributed by atoms with Gasteiger partial charge in [0.2, 0.25) is 5.88 Å². The van der Waals surface area contributed by atoms with Crippen LogP contribution in [0.3, 0.4) is 0 Å². The summed E-state index contributed by atoms with van der Waals surface area (Å²) in [7, 11) is 0. The summed E-state index contributed by atoms with van der Waals surface area (Å²) in [6.45, 7) is 0. The fraction of sp³-hybridized carbons (Fsp3) is 0. The minimum Gasteiger partial charge on any atom is -0.493 e. The first-order chi connectivity index (χ1) is 6.84. The molecule has 2 heterocycles. The van der Waals surface area contributed by atoms with Crippen LogP contribution in [0.15, 0.2) is 30.6 Å². The van der Waals surface area contributed by atoms with E-state index in [0.717, 1.165) is 21.9 Å². The summed E-state index contributed by atoms with van der Waals surface area (Å²) in [6.07, 6.45) is 1.65. The maximum Gasteiger partial charge on any atom is 0.211 e. The van der Waals surface area contributed by atoms with E-state index in [0.29, 0.717) is 0 Å². The summed E-state index contributed by atoms with van der Waals surface area (Å²) in [4.78, 5) is 11.2. The lowest BCUT2D eigenvalue weighted by Gasteiger charge is -1.98. The second-order valence-electron chi connectivity index (χ2n) is 3.10. The smallest absolute Gasteiger partial charge is 0.211 e. The number of pyridine rings is 1. The Balaban J connectivity index is 2.57. The fourth-order valence-electron chi connectivity index (χ4n) is 1.61. The van der Waals surface area contributed by atoms with Crippen LogP contribution < -0.4 is 0 Å². The number of imidazole rings is 1. The van der Waals surface area contributed by atoms with Crippen LogP contribution in [0.2, 0.25) is 0 Å². The van der Waals surface area contributed by atoms with Crippen LogP contribution in [-0.4, -0.2) is 20.1 Å². The van der Waals surface area contributed by atoms with Crippen LogP contribution >= 0.6 is 0 Å². The highest BCUT2D eigenvalue weighted by Gasteiger charge is 2.03. The Hall–Kier alpha value is -2.10.